The highest BCUT2D eigenvalue weighted by molar-refractivity contribution is 5.89. The lowest BCUT2D eigenvalue weighted by Crippen LogP contribution is -2.49. The molecule has 0 bridgehead atoms. The Morgan fingerprint density at radius 3 is 2.06 bits per heavy atom. The fourth-order valence-corrected chi connectivity index (χ4v) is 3.99. The molecular weight excluding hydrogens is 429 g/mol. The Hall–Kier alpha value is -2.43. The van der Waals surface area contributed by atoms with Crippen LogP contribution in [0.1, 0.15) is 36.8 Å². The number of hydrogen-bond acceptors (Lipinski definition) is 5. The summed E-state index contributed by atoms with van der Waals surface area (Å²) in [4.78, 5) is 21.4. The van der Waals surface area contributed by atoms with Crippen molar-refractivity contribution in [2.45, 2.75) is 50.5 Å². The van der Waals surface area contributed by atoms with Crippen LogP contribution in [0.15, 0.2) is 36.4 Å². The van der Waals surface area contributed by atoms with Crippen molar-refractivity contribution in [3.63, 3.8) is 0 Å². The van der Waals surface area contributed by atoms with Crippen molar-refractivity contribution in [3.05, 3.63) is 47.5 Å². The number of nitrogens with one attached hydrogen (secondary N) is 1. The van der Waals surface area contributed by atoms with Crippen molar-refractivity contribution in [2.75, 3.05) is 26.3 Å². The fraction of sp³-hybridized carbons (Fsp3) is 0.545. The minimum atomic E-state index is -4.30. The van der Waals surface area contributed by atoms with E-state index in [-0.39, 0.29) is 0 Å². The lowest BCUT2D eigenvalue weighted by atomic mass is 9.96. The predicted molar refractivity (Wildman–Crippen MR) is 111 cm³/mol. The molecule has 0 amide bonds. The van der Waals surface area contributed by atoms with Crippen LogP contribution in [0.25, 0.3) is 0 Å². The standard InChI is InChI=1S/C18H25F3N2O.C4H4O4/c19-18(20,21)17-4-2-1-3-14(17)13-23(15-5-9-22-10-6-15)16-7-11-24-12-8-16;5-3(6)1-2-4(7)8/h1-4,15-16,22H,5-13H2;1-2H,(H,5,6)(H,7,8)/b;2-1+. The number of carbonyl (C=O) groups is 2. The van der Waals surface area contributed by atoms with Crippen LogP contribution in [0, 0.1) is 0 Å². The number of nitrogens with zero attached hydrogens (tertiary/aromatic N) is 1. The zero-order valence-corrected chi connectivity index (χ0v) is 17.7. The summed E-state index contributed by atoms with van der Waals surface area (Å²) in [7, 11) is 0. The molecule has 1 aromatic carbocycles. The molecule has 0 radical (unpaired) electrons. The number of carboxylic acid groups (broad SMARTS) is 2. The first-order chi connectivity index (χ1) is 15.2. The van der Waals surface area contributed by atoms with E-state index < -0.39 is 23.7 Å². The Morgan fingerprint density at radius 2 is 1.53 bits per heavy atom. The molecule has 3 N–H and O–H groups in total. The summed E-state index contributed by atoms with van der Waals surface area (Å²) in [6.07, 6.45) is 0.601. The third-order valence-corrected chi connectivity index (χ3v) is 5.48. The molecule has 2 heterocycles. The second-order valence-electron chi connectivity index (χ2n) is 7.66. The molecule has 0 unspecified atom stereocenters. The van der Waals surface area contributed by atoms with Gasteiger partial charge in [0, 0.05) is 44.0 Å². The second kappa shape index (κ2) is 12.6. The van der Waals surface area contributed by atoms with E-state index in [1.165, 1.54) is 12.1 Å². The van der Waals surface area contributed by atoms with Crippen molar-refractivity contribution >= 4 is 11.9 Å². The number of halogens is 3. The second-order valence-corrected chi connectivity index (χ2v) is 7.66. The van der Waals surface area contributed by atoms with Gasteiger partial charge in [0.15, 0.2) is 0 Å². The molecule has 2 saturated heterocycles. The van der Waals surface area contributed by atoms with Gasteiger partial charge in [-0.25, -0.2) is 9.59 Å². The van der Waals surface area contributed by atoms with Gasteiger partial charge in [0.2, 0.25) is 0 Å². The Balaban J connectivity index is 0.000000390. The Morgan fingerprint density at radius 1 is 1.00 bits per heavy atom. The molecular formula is C22H29F3N2O5. The third kappa shape index (κ3) is 8.60. The van der Waals surface area contributed by atoms with Crippen LogP contribution in [0.3, 0.4) is 0 Å². The van der Waals surface area contributed by atoms with Crippen LogP contribution >= 0.6 is 0 Å². The quantitative estimate of drug-likeness (QED) is 0.563. The van der Waals surface area contributed by atoms with E-state index in [1.54, 1.807) is 12.1 Å². The monoisotopic (exact) mass is 458 g/mol. The number of ether oxygens (including phenoxy) is 1. The number of piperidine rings is 1. The van der Waals surface area contributed by atoms with Crippen molar-refractivity contribution < 1.29 is 37.7 Å². The highest BCUT2D eigenvalue weighted by Crippen LogP contribution is 2.34. The normalized spacial score (nSPS) is 18.4. The molecule has 0 saturated carbocycles. The summed E-state index contributed by atoms with van der Waals surface area (Å²) in [5.41, 5.74) is -0.119. The van der Waals surface area contributed by atoms with E-state index >= 15 is 0 Å². The van der Waals surface area contributed by atoms with Crippen LogP contribution < -0.4 is 5.32 Å². The van der Waals surface area contributed by atoms with Crippen LogP contribution in [0.2, 0.25) is 0 Å². The van der Waals surface area contributed by atoms with Crippen molar-refractivity contribution in [2.24, 2.45) is 0 Å². The van der Waals surface area contributed by atoms with E-state index in [4.69, 9.17) is 14.9 Å². The maximum Gasteiger partial charge on any atom is 0.416 e. The first-order valence-corrected chi connectivity index (χ1v) is 10.5. The number of alkyl halides is 3. The summed E-state index contributed by atoms with van der Waals surface area (Å²) in [5, 5.41) is 19.0. The molecule has 0 aliphatic carbocycles. The average molecular weight is 458 g/mol. The molecule has 0 spiro atoms. The van der Waals surface area contributed by atoms with Gasteiger partial charge in [0.05, 0.1) is 5.56 Å². The van der Waals surface area contributed by atoms with Gasteiger partial charge in [0.25, 0.3) is 0 Å². The number of benzene rings is 1. The highest BCUT2D eigenvalue weighted by Gasteiger charge is 2.35. The predicted octanol–water partition coefficient (Wildman–Crippen LogP) is 3.15. The number of rotatable bonds is 6. The van der Waals surface area contributed by atoms with Gasteiger partial charge < -0.3 is 20.3 Å². The molecule has 178 valence electrons. The molecule has 2 fully saturated rings. The van der Waals surface area contributed by atoms with Crippen molar-refractivity contribution in [3.8, 4) is 0 Å². The number of carboxylic acids is 2. The molecule has 7 nitrogen and oxygen atoms in total. The van der Waals surface area contributed by atoms with E-state index in [9.17, 15) is 22.8 Å². The molecule has 10 heteroatoms. The lowest BCUT2D eigenvalue weighted by Gasteiger charge is -2.42. The highest BCUT2D eigenvalue weighted by atomic mass is 19.4. The Labute approximate surface area is 184 Å². The zero-order valence-electron chi connectivity index (χ0n) is 17.7. The van der Waals surface area contributed by atoms with E-state index in [2.05, 4.69) is 10.2 Å². The molecule has 0 atom stereocenters. The maximum atomic E-state index is 13.3. The van der Waals surface area contributed by atoms with Crippen LogP contribution in [0.4, 0.5) is 13.2 Å². The topological polar surface area (TPSA) is 99.1 Å². The van der Waals surface area contributed by atoms with Crippen molar-refractivity contribution in [1.29, 1.82) is 0 Å². The van der Waals surface area contributed by atoms with Crippen LogP contribution in [-0.4, -0.2) is 65.4 Å². The molecule has 2 aliphatic heterocycles. The summed E-state index contributed by atoms with van der Waals surface area (Å²) in [6.45, 7) is 3.64. The number of hydrogen-bond donors (Lipinski definition) is 3. The summed E-state index contributed by atoms with van der Waals surface area (Å²) < 4.78 is 45.5. The smallest absolute Gasteiger partial charge is 0.416 e. The van der Waals surface area contributed by atoms with Gasteiger partial charge in [-0.1, -0.05) is 18.2 Å². The van der Waals surface area contributed by atoms with Gasteiger partial charge in [0.1, 0.15) is 0 Å². The van der Waals surface area contributed by atoms with Crippen LogP contribution in [-0.2, 0) is 27.0 Å². The molecule has 2 aliphatic rings. The molecule has 0 aromatic heterocycles. The molecule has 32 heavy (non-hydrogen) atoms. The minimum Gasteiger partial charge on any atom is -0.478 e. The lowest BCUT2D eigenvalue weighted by molar-refractivity contribution is -0.138. The fourth-order valence-electron chi connectivity index (χ4n) is 3.99. The molecule has 3 rings (SSSR count). The SMILES string of the molecule is FC(F)(F)c1ccccc1CN(C1CCNCC1)C1CCOCC1.O=C(O)/C=C/C(=O)O. The van der Waals surface area contributed by atoms with E-state index in [1.807, 2.05) is 0 Å². The van der Waals surface area contributed by atoms with Crippen molar-refractivity contribution in [1.82, 2.24) is 10.2 Å². The van der Waals surface area contributed by atoms with Gasteiger partial charge in [-0.05, 0) is 50.4 Å². The van der Waals surface area contributed by atoms with Crippen LogP contribution in [0.5, 0.6) is 0 Å². The van der Waals surface area contributed by atoms with Gasteiger partial charge in [-0.15, -0.1) is 0 Å². The first kappa shape index (κ1) is 25.8. The Kier molecular flexibility index (Phi) is 10.1. The third-order valence-electron chi connectivity index (χ3n) is 5.48. The van der Waals surface area contributed by atoms with Gasteiger partial charge >= 0.3 is 18.1 Å². The largest absolute Gasteiger partial charge is 0.478 e. The zero-order chi connectivity index (χ0) is 23.6. The summed E-state index contributed by atoms with van der Waals surface area (Å²) in [6, 6.07) is 6.64. The number of aliphatic carboxylic acids is 2. The first-order valence-electron chi connectivity index (χ1n) is 10.5. The summed E-state index contributed by atoms with van der Waals surface area (Å²) >= 11 is 0. The van der Waals surface area contributed by atoms with Gasteiger partial charge in [-0.3, -0.25) is 4.90 Å². The molecule has 1 aromatic rings. The minimum absolute atomic E-state index is 0.308. The maximum absolute atomic E-state index is 13.3. The summed E-state index contributed by atoms with van der Waals surface area (Å²) in [5.74, 6) is -2.51. The Bertz CT molecular complexity index is 739. The average Bonchev–Trinajstić information content (AvgIpc) is 2.77. The van der Waals surface area contributed by atoms with Gasteiger partial charge in [-0.2, -0.15) is 13.2 Å². The van der Waals surface area contributed by atoms with E-state index in [0.29, 0.717) is 49.6 Å². The van der Waals surface area contributed by atoms with E-state index in [0.717, 1.165) is 38.8 Å².